The van der Waals surface area contributed by atoms with Gasteiger partial charge in [0.2, 0.25) is 10.0 Å². The van der Waals surface area contributed by atoms with Crippen molar-refractivity contribution in [2.24, 2.45) is 0 Å². The van der Waals surface area contributed by atoms with Gasteiger partial charge in [0.1, 0.15) is 0 Å². The Kier molecular flexibility index (Phi) is 5.59. The van der Waals surface area contributed by atoms with E-state index in [2.05, 4.69) is 39.2 Å². The first-order chi connectivity index (χ1) is 13.1. The van der Waals surface area contributed by atoms with Gasteiger partial charge in [-0.05, 0) is 42.5 Å². The Morgan fingerprint density at radius 3 is 2.59 bits per heavy atom. The van der Waals surface area contributed by atoms with Crippen molar-refractivity contribution in [2.75, 3.05) is 26.2 Å². The van der Waals surface area contributed by atoms with E-state index in [9.17, 15) is 8.42 Å². The quantitative estimate of drug-likeness (QED) is 0.749. The Balaban J connectivity index is 1.29. The van der Waals surface area contributed by atoms with E-state index < -0.39 is 10.0 Å². The molecule has 1 saturated heterocycles. The lowest BCUT2D eigenvalue weighted by Crippen LogP contribution is -2.48. The normalized spacial score (nSPS) is 22.8. The summed E-state index contributed by atoms with van der Waals surface area (Å²) in [5, 5.41) is 3.56. The van der Waals surface area contributed by atoms with Gasteiger partial charge in [0.25, 0.3) is 0 Å². The molecule has 144 valence electrons. The summed E-state index contributed by atoms with van der Waals surface area (Å²) in [4.78, 5) is 2.91. The zero-order valence-electron chi connectivity index (χ0n) is 15.5. The number of sulfonamides is 1. The van der Waals surface area contributed by atoms with Gasteiger partial charge in [0, 0.05) is 38.3 Å². The van der Waals surface area contributed by atoms with E-state index in [4.69, 9.17) is 0 Å². The Morgan fingerprint density at radius 1 is 0.963 bits per heavy atom. The van der Waals surface area contributed by atoms with Crippen LogP contribution in [-0.4, -0.2) is 45.5 Å². The molecule has 27 heavy (non-hydrogen) atoms. The first-order valence-corrected chi connectivity index (χ1v) is 11.2. The van der Waals surface area contributed by atoms with Crippen LogP contribution in [0.1, 0.15) is 30.0 Å². The average molecular weight is 386 g/mol. The van der Waals surface area contributed by atoms with E-state index in [-0.39, 0.29) is 0 Å². The molecular weight excluding hydrogens is 358 g/mol. The first-order valence-electron chi connectivity index (χ1n) is 9.73. The van der Waals surface area contributed by atoms with E-state index >= 15 is 0 Å². The van der Waals surface area contributed by atoms with Crippen LogP contribution in [0.3, 0.4) is 0 Å². The fourth-order valence-electron chi connectivity index (χ4n) is 4.29. The van der Waals surface area contributed by atoms with Crippen molar-refractivity contribution in [2.45, 2.75) is 36.2 Å². The van der Waals surface area contributed by atoms with Crippen LogP contribution >= 0.6 is 0 Å². The van der Waals surface area contributed by atoms with Crippen LogP contribution in [0.2, 0.25) is 0 Å². The highest BCUT2D eigenvalue weighted by atomic mass is 32.2. The van der Waals surface area contributed by atoms with E-state index in [0.717, 1.165) is 32.4 Å². The van der Waals surface area contributed by atoms with Crippen LogP contribution < -0.4 is 10.0 Å². The van der Waals surface area contributed by atoms with Gasteiger partial charge in [-0.3, -0.25) is 4.90 Å². The molecule has 4 rings (SSSR count). The van der Waals surface area contributed by atoms with E-state index in [0.29, 0.717) is 30.1 Å². The Morgan fingerprint density at radius 2 is 1.74 bits per heavy atom. The third kappa shape index (κ3) is 4.24. The zero-order valence-corrected chi connectivity index (χ0v) is 16.3. The van der Waals surface area contributed by atoms with Gasteiger partial charge in [-0.25, -0.2) is 13.1 Å². The van der Waals surface area contributed by atoms with Gasteiger partial charge >= 0.3 is 0 Å². The van der Waals surface area contributed by atoms with Gasteiger partial charge in [-0.2, -0.15) is 0 Å². The molecule has 0 aliphatic carbocycles. The molecule has 2 aliphatic rings. The molecule has 5 nitrogen and oxygen atoms in total. The second kappa shape index (κ2) is 8.10. The number of hydrogen-bond donors (Lipinski definition) is 2. The third-order valence-corrected chi connectivity index (χ3v) is 7.18. The highest BCUT2D eigenvalue weighted by molar-refractivity contribution is 7.89. The number of fused-ring (bicyclic) bond motifs is 3. The number of rotatable bonds is 6. The van der Waals surface area contributed by atoms with Crippen LogP contribution in [0.4, 0.5) is 0 Å². The van der Waals surface area contributed by atoms with Crippen molar-refractivity contribution in [1.29, 1.82) is 0 Å². The SMILES string of the molecule is O=S(=O)(NCCN[C@H]1CCN2CCc3ccccc3[C@@H]2C1)c1ccccc1. The monoisotopic (exact) mass is 385 g/mol. The van der Waals surface area contributed by atoms with Crippen LogP contribution in [0.5, 0.6) is 0 Å². The van der Waals surface area contributed by atoms with Crippen molar-refractivity contribution in [3.05, 3.63) is 65.7 Å². The van der Waals surface area contributed by atoms with E-state index in [1.54, 1.807) is 24.3 Å². The van der Waals surface area contributed by atoms with Crippen molar-refractivity contribution < 1.29 is 8.42 Å². The summed E-state index contributed by atoms with van der Waals surface area (Å²) in [5.74, 6) is 0. The predicted octanol–water partition coefficient (Wildman–Crippen LogP) is 2.32. The van der Waals surface area contributed by atoms with Crippen LogP contribution in [0.15, 0.2) is 59.5 Å². The van der Waals surface area contributed by atoms with Crippen molar-refractivity contribution in [3.63, 3.8) is 0 Å². The smallest absolute Gasteiger partial charge is 0.240 e. The predicted molar refractivity (Wildman–Crippen MR) is 107 cm³/mol. The second-order valence-electron chi connectivity index (χ2n) is 7.39. The fraction of sp³-hybridized carbons (Fsp3) is 0.429. The summed E-state index contributed by atoms with van der Waals surface area (Å²) in [7, 11) is -3.42. The van der Waals surface area contributed by atoms with E-state index in [1.807, 2.05) is 6.07 Å². The zero-order chi connectivity index (χ0) is 18.7. The van der Waals surface area contributed by atoms with Crippen LogP contribution in [0.25, 0.3) is 0 Å². The minimum atomic E-state index is -3.42. The fourth-order valence-corrected chi connectivity index (χ4v) is 5.34. The molecule has 0 spiro atoms. The Hall–Kier alpha value is -1.73. The number of benzene rings is 2. The maximum absolute atomic E-state index is 12.3. The summed E-state index contributed by atoms with van der Waals surface area (Å²) in [6.45, 7) is 3.29. The average Bonchev–Trinajstić information content (AvgIpc) is 2.72. The maximum atomic E-state index is 12.3. The molecule has 2 heterocycles. The lowest BCUT2D eigenvalue weighted by Gasteiger charge is -2.43. The number of nitrogens with one attached hydrogen (secondary N) is 2. The number of nitrogens with zero attached hydrogens (tertiary/aromatic N) is 1. The number of hydrogen-bond acceptors (Lipinski definition) is 4. The molecule has 2 aliphatic heterocycles. The minimum absolute atomic E-state index is 0.317. The van der Waals surface area contributed by atoms with Gasteiger partial charge in [0.15, 0.2) is 0 Å². The molecular formula is C21H27N3O2S. The molecule has 2 atom stereocenters. The largest absolute Gasteiger partial charge is 0.313 e. The molecule has 2 aromatic carbocycles. The molecule has 0 radical (unpaired) electrons. The summed E-state index contributed by atoms with van der Waals surface area (Å²) < 4.78 is 27.2. The molecule has 0 unspecified atom stereocenters. The summed E-state index contributed by atoms with van der Waals surface area (Å²) >= 11 is 0. The Labute approximate surface area is 161 Å². The molecule has 0 amide bonds. The summed E-state index contributed by atoms with van der Waals surface area (Å²) in [6.07, 6.45) is 3.35. The minimum Gasteiger partial charge on any atom is -0.313 e. The molecule has 0 aromatic heterocycles. The topological polar surface area (TPSA) is 61.4 Å². The summed E-state index contributed by atoms with van der Waals surface area (Å²) in [6, 6.07) is 18.2. The Bertz CT molecular complexity index is 870. The maximum Gasteiger partial charge on any atom is 0.240 e. The molecule has 6 heteroatoms. The lowest BCUT2D eigenvalue weighted by molar-refractivity contribution is 0.116. The molecule has 2 N–H and O–H groups in total. The highest BCUT2D eigenvalue weighted by Gasteiger charge is 2.32. The van der Waals surface area contributed by atoms with Gasteiger partial charge in [0.05, 0.1) is 4.90 Å². The van der Waals surface area contributed by atoms with Gasteiger partial charge in [-0.15, -0.1) is 0 Å². The first kappa shape index (κ1) is 18.6. The van der Waals surface area contributed by atoms with Crippen LogP contribution in [-0.2, 0) is 16.4 Å². The van der Waals surface area contributed by atoms with Gasteiger partial charge in [-0.1, -0.05) is 42.5 Å². The molecule has 1 fully saturated rings. The number of piperidine rings is 1. The van der Waals surface area contributed by atoms with Crippen LogP contribution in [0, 0.1) is 0 Å². The van der Waals surface area contributed by atoms with Crippen molar-refractivity contribution in [3.8, 4) is 0 Å². The standard InChI is InChI=1S/C21H27N3O2S/c25-27(26,19-7-2-1-3-8-19)23-13-12-22-18-11-15-24-14-10-17-6-4-5-9-20(17)21(24)16-18/h1-9,18,21-23H,10-16H2/t18-,21-/m0/s1. The lowest BCUT2D eigenvalue weighted by atomic mass is 9.85. The van der Waals surface area contributed by atoms with Gasteiger partial charge < -0.3 is 5.32 Å². The molecule has 2 aromatic rings. The van der Waals surface area contributed by atoms with Crippen molar-refractivity contribution >= 4 is 10.0 Å². The third-order valence-electron chi connectivity index (χ3n) is 5.70. The summed E-state index contributed by atoms with van der Waals surface area (Å²) in [5.41, 5.74) is 2.95. The highest BCUT2D eigenvalue weighted by Crippen LogP contribution is 2.36. The molecule has 0 bridgehead atoms. The van der Waals surface area contributed by atoms with E-state index in [1.165, 1.54) is 11.1 Å². The van der Waals surface area contributed by atoms with Crippen molar-refractivity contribution in [1.82, 2.24) is 14.9 Å². The second-order valence-corrected chi connectivity index (χ2v) is 9.15. The molecule has 0 saturated carbocycles.